The van der Waals surface area contributed by atoms with E-state index in [2.05, 4.69) is 13.2 Å². The molecular formula is C7H10ORu. The number of rotatable bonds is 2. The Bertz CT molecular complexity index is 131. The third-order valence-corrected chi connectivity index (χ3v) is 0.775. The van der Waals surface area contributed by atoms with Crippen LogP contribution in [0.2, 0.25) is 0 Å². The monoisotopic (exact) mass is 212 g/mol. The maximum absolute atomic E-state index is 10.6. The molecule has 2 heteroatoms. The molecule has 0 aromatic heterocycles. The van der Waals surface area contributed by atoms with Crippen molar-refractivity contribution in [2.45, 2.75) is 13.8 Å². The van der Waals surface area contributed by atoms with Crippen LogP contribution in [0.25, 0.3) is 0 Å². The van der Waals surface area contributed by atoms with Crippen molar-refractivity contribution in [2.75, 3.05) is 0 Å². The van der Waals surface area contributed by atoms with Gasteiger partial charge in [-0.15, -0.1) is 0 Å². The van der Waals surface area contributed by atoms with E-state index in [0.29, 0.717) is 11.1 Å². The summed E-state index contributed by atoms with van der Waals surface area (Å²) in [6, 6.07) is 0. The van der Waals surface area contributed by atoms with Gasteiger partial charge in [-0.25, -0.2) is 0 Å². The molecule has 0 saturated carbocycles. The molecule has 0 aliphatic heterocycles. The van der Waals surface area contributed by atoms with Gasteiger partial charge in [0, 0.05) is 19.5 Å². The number of hydrogen-bond donors (Lipinski definition) is 0. The minimum atomic E-state index is -0.0370. The van der Waals surface area contributed by atoms with Gasteiger partial charge in [0.25, 0.3) is 0 Å². The van der Waals surface area contributed by atoms with E-state index in [0.717, 1.165) is 0 Å². The van der Waals surface area contributed by atoms with Gasteiger partial charge >= 0.3 is 0 Å². The van der Waals surface area contributed by atoms with E-state index in [4.69, 9.17) is 0 Å². The quantitative estimate of drug-likeness (QED) is 0.502. The standard InChI is InChI=1S/C7H10O.Ru/c1-5(2)7(8)6(3)4;/h1,3H2,2,4H3;. The minimum Gasteiger partial charge on any atom is -0.289 e. The largest absolute Gasteiger partial charge is 0.289 e. The Balaban J connectivity index is 0. The second-order valence-electron chi connectivity index (χ2n) is 1.89. The van der Waals surface area contributed by atoms with Gasteiger partial charge in [0.2, 0.25) is 0 Å². The molecule has 0 rings (SSSR count). The SMILES string of the molecule is C=C(C)C(=O)C(=C)C.[Ru]. The molecule has 9 heavy (non-hydrogen) atoms. The van der Waals surface area contributed by atoms with Crippen LogP contribution in [0.5, 0.6) is 0 Å². The number of Topliss-reactive ketones (excluding diaryl/α,β-unsaturated/α-hetero) is 1. The number of hydrogen-bond acceptors (Lipinski definition) is 1. The molecule has 0 fully saturated rings. The van der Waals surface area contributed by atoms with Gasteiger partial charge in [-0.1, -0.05) is 13.2 Å². The topological polar surface area (TPSA) is 17.1 Å². The fourth-order valence-corrected chi connectivity index (χ4v) is 0.364. The summed E-state index contributed by atoms with van der Waals surface area (Å²) in [7, 11) is 0. The summed E-state index contributed by atoms with van der Waals surface area (Å²) in [6.45, 7) is 10.3. The number of carbonyl (C=O) groups excluding carboxylic acids is 1. The molecule has 0 saturated heterocycles. The van der Waals surface area contributed by atoms with Crippen LogP contribution in [-0.4, -0.2) is 5.78 Å². The molecular weight excluding hydrogens is 201 g/mol. The van der Waals surface area contributed by atoms with E-state index in [-0.39, 0.29) is 25.3 Å². The molecule has 0 spiro atoms. The fraction of sp³-hybridized carbons (Fsp3) is 0.286. The Morgan fingerprint density at radius 3 is 1.33 bits per heavy atom. The maximum atomic E-state index is 10.6. The van der Waals surface area contributed by atoms with Crippen molar-refractivity contribution in [3.8, 4) is 0 Å². The summed E-state index contributed by atoms with van der Waals surface area (Å²) in [5.41, 5.74) is 1.11. The summed E-state index contributed by atoms with van der Waals surface area (Å²) in [4.78, 5) is 10.6. The predicted molar refractivity (Wildman–Crippen MR) is 34.6 cm³/mol. The second kappa shape index (κ2) is 4.63. The van der Waals surface area contributed by atoms with Gasteiger partial charge < -0.3 is 0 Å². The van der Waals surface area contributed by atoms with E-state index < -0.39 is 0 Å². The fourth-order valence-electron chi connectivity index (χ4n) is 0.364. The minimum absolute atomic E-state index is 0. The number of ketones is 1. The van der Waals surface area contributed by atoms with Crippen molar-refractivity contribution in [1.29, 1.82) is 0 Å². The van der Waals surface area contributed by atoms with E-state index in [9.17, 15) is 4.79 Å². The Morgan fingerprint density at radius 1 is 1.11 bits per heavy atom. The zero-order valence-corrected chi connectivity index (χ0v) is 7.41. The van der Waals surface area contributed by atoms with E-state index in [1.54, 1.807) is 13.8 Å². The Hall–Kier alpha value is -0.227. The van der Waals surface area contributed by atoms with Crippen molar-refractivity contribution in [2.24, 2.45) is 0 Å². The van der Waals surface area contributed by atoms with Crippen LogP contribution in [0.4, 0.5) is 0 Å². The van der Waals surface area contributed by atoms with Gasteiger partial charge in [-0.05, 0) is 25.0 Å². The third kappa shape index (κ3) is 4.29. The molecule has 0 unspecified atom stereocenters. The molecule has 0 bridgehead atoms. The molecule has 0 aromatic carbocycles. The molecule has 0 aliphatic rings. The van der Waals surface area contributed by atoms with Gasteiger partial charge in [0.1, 0.15) is 0 Å². The smallest absolute Gasteiger partial charge is 0.183 e. The first-order valence-corrected chi connectivity index (χ1v) is 2.41. The zero-order chi connectivity index (χ0) is 6.73. The van der Waals surface area contributed by atoms with Crippen molar-refractivity contribution < 1.29 is 24.3 Å². The Kier molecular flexibility index (Phi) is 5.95. The van der Waals surface area contributed by atoms with Crippen LogP contribution in [0, 0.1) is 0 Å². The van der Waals surface area contributed by atoms with Crippen molar-refractivity contribution >= 4 is 5.78 Å². The van der Waals surface area contributed by atoms with Crippen LogP contribution >= 0.6 is 0 Å². The Labute approximate surface area is 68.6 Å². The number of carbonyl (C=O) groups is 1. The number of allylic oxidation sites excluding steroid dienone is 2. The maximum Gasteiger partial charge on any atom is 0.183 e. The van der Waals surface area contributed by atoms with E-state index in [1.165, 1.54) is 0 Å². The molecule has 0 atom stereocenters. The van der Waals surface area contributed by atoms with Gasteiger partial charge in [0.05, 0.1) is 0 Å². The van der Waals surface area contributed by atoms with Crippen molar-refractivity contribution in [3.63, 3.8) is 0 Å². The first-order valence-electron chi connectivity index (χ1n) is 2.41. The molecule has 1 nitrogen and oxygen atoms in total. The summed E-state index contributed by atoms with van der Waals surface area (Å²) in [5.74, 6) is -0.0370. The van der Waals surface area contributed by atoms with Crippen LogP contribution in [0.1, 0.15) is 13.8 Å². The Morgan fingerprint density at radius 2 is 1.33 bits per heavy atom. The van der Waals surface area contributed by atoms with Crippen LogP contribution < -0.4 is 0 Å². The molecule has 0 N–H and O–H groups in total. The third-order valence-electron chi connectivity index (χ3n) is 0.775. The molecule has 0 heterocycles. The summed E-state index contributed by atoms with van der Waals surface area (Å²) in [5, 5.41) is 0. The summed E-state index contributed by atoms with van der Waals surface area (Å²) in [6.07, 6.45) is 0. The van der Waals surface area contributed by atoms with Gasteiger partial charge in [-0.3, -0.25) is 4.79 Å². The molecule has 0 aliphatic carbocycles. The van der Waals surface area contributed by atoms with E-state index in [1.807, 2.05) is 0 Å². The second-order valence-corrected chi connectivity index (χ2v) is 1.89. The normalized spacial score (nSPS) is 7.33. The zero-order valence-electron chi connectivity index (χ0n) is 5.68. The first-order chi connectivity index (χ1) is 3.55. The van der Waals surface area contributed by atoms with Crippen LogP contribution in [-0.2, 0) is 24.3 Å². The van der Waals surface area contributed by atoms with Crippen molar-refractivity contribution in [1.82, 2.24) is 0 Å². The van der Waals surface area contributed by atoms with Crippen LogP contribution in [0.3, 0.4) is 0 Å². The average Bonchev–Trinajstić information content (AvgIpc) is 1.64. The predicted octanol–water partition coefficient (Wildman–Crippen LogP) is 1.71. The molecule has 52 valence electrons. The van der Waals surface area contributed by atoms with Crippen LogP contribution in [0.15, 0.2) is 24.3 Å². The van der Waals surface area contributed by atoms with Crippen molar-refractivity contribution in [3.05, 3.63) is 24.3 Å². The van der Waals surface area contributed by atoms with Gasteiger partial charge in [0.15, 0.2) is 5.78 Å². The van der Waals surface area contributed by atoms with E-state index >= 15 is 0 Å². The summed E-state index contributed by atoms with van der Waals surface area (Å²) >= 11 is 0. The summed E-state index contributed by atoms with van der Waals surface area (Å²) < 4.78 is 0. The average molecular weight is 211 g/mol. The molecule has 0 radical (unpaired) electrons. The van der Waals surface area contributed by atoms with Gasteiger partial charge in [-0.2, -0.15) is 0 Å². The molecule has 0 amide bonds. The first kappa shape index (κ1) is 11.6. The molecule has 0 aromatic rings.